The van der Waals surface area contributed by atoms with Gasteiger partial charge in [-0.15, -0.1) is 24.0 Å². The van der Waals surface area contributed by atoms with Crippen LogP contribution in [0, 0.1) is 6.92 Å². The lowest BCUT2D eigenvalue weighted by Crippen LogP contribution is -2.38. The van der Waals surface area contributed by atoms with E-state index in [-0.39, 0.29) is 36.3 Å². The maximum atomic E-state index is 12.4. The van der Waals surface area contributed by atoms with Gasteiger partial charge in [-0.3, -0.25) is 0 Å². The van der Waals surface area contributed by atoms with E-state index in [1.54, 1.807) is 19.1 Å². The van der Waals surface area contributed by atoms with Crippen LogP contribution >= 0.6 is 24.0 Å². The Morgan fingerprint density at radius 1 is 1.19 bits per heavy atom. The highest BCUT2D eigenvalue weighted by atomic mass is 127. The zero-order valence-electron chi connectivity index (χ0n) is 16.0. The van der Waals surface area contributed by atoms with Gasteiger partial charge in [-0.25, -0.2) is 4.99 Å². The van der Waals surface area contributed by atoms with Crippen molar-refractivity contribution in [2.75, 3.05) is 32.9 Å². The van der Waals surface area contributed by atoms with E-state index >= 15 is 0 Å². The minimum Gasteiger partial charge on any atom is -0.484 e. The number of halogens is 4. The molecule has 0 fully saturated rings. The predicted molar refractivity (Wildman–Crippen MR) is 112 cm³/mol. The molecule has 1 aromatic rings. The number of nitrogens with one attached hydrogen (secondary N) is 2. The highest BCUT2D eigenvalue weighted by molar-refractivity contribution is 14.0. The fraction of sp³-hybridized carbons (Fsp3) is 0.611. The van der Waals surface area contributed by atoms with Crippen molar-refractivity contribution in [2.45, 2.75) is 39.9 Å². The van der Waals surface area contributed by atoms with E-state index in [1.165, 1.54) is 0 Å². The highest BCUT2D eigenvalue weighted by Gasteiger charge is 2.28. The number of benzene rings is 1. The summed E-state index contributed by atoms with van der Waals surface area (Å²) >= 11 is 0. The van der Waals surface area contributed by atoms with Crippen molar-refractivity contribution in [1.29, 1.82) is 0 Å². The van der Waals surface area contributed by atoms with Gasteiger partial charge in [0.2, 0.25) is 0 Å². The number of ether oxygens (including phenoxy) is 2. The van der Waals surface area contributed by atoms with E-state index in [0.29, 0.717) is 37.8 Å². The molecule has 0 aliphatic carbocycles. The predicted octanol–water partition coefficient (Wildman–Crippen LogP) is 4.04. The van der Waals surface area contributed by atoms with Gasteiger partial charge in [-0.05, 0) is 38.8 Å². The molecule has 0 spiro atoms. The quantitative estimate of drug-likeness (QED) is 0.219. The molecule has 0 aromatic heterocycles. The third-order valence-electron chi connectivity index (χ3n) is 3.33. The topological polar surface area (TPSA) is 54.9 Å². The average Bonchev–Trinajstić information content (AvgIpc) is 2.58. The smallest absolute Gasteiger partial charge is 0.422 e. The van der Waals surface area contributed by atoms with Crippen LogP contribution in [0.5, 0.6) is 5.75 Å². The van der Waals surface area contributed by atoms with Gasteiger partial charge in [0.05, 0.1) is 6.54 Å². The van der Waals surface area contributed by atoms with E-state index in [1.807, 2.05) is 19.9 Å². The Balaban J connectivity index is 0.00000676. The third-order valence-corrected chi connectivity index (χ3v) is 3.33. The van der Waals surface area contributed by atoms with Crippen LogP contribution in [0.2, 0.25) is 0 Å². The average molecular weight is 503 g/mol. The molecule has 0 unspecified atom stereocenters. The Bertz CT molecular complexity index is 569. The fourth-order valence-corrected chi connectivity index (χ4v) is 2.12. The van der Waals surface area contributed by atoms with Gasteiger partial charge in [0.1, 0.15) is 5.75 Å². The summed E-state index contributed by atoms with van der Waals surface area (Å²) in [6, 6.07) is 5.16. The molecule has 0 aliphatic heterocycles. The van der Waals surface area contributed by atoms with Crippen LogP contribution in [0.25, 0.3) is 0 Å². The molecular formula is C18H29F3IN3O2. The van der Waals surface area contributed by atoms with Crippen LogP contribution in [-0.2, 0) is 11.3 Å². The van der Waals surface area contributed by atoms with Gasteiger partial charge in [0.15, 0.2) is 12.6 Å². The summed E-state index contributed by atoms with van der Waals surface area (Å²) in [6.45, 7) is 7.31. The molecule has 0 saturated heterocycles. The summed E-state index contributed by atoms with van der Waals surface area (Å²) in [4.78, 5) is 4.43. The highest BCUT2D eigenvalue weighted by Crippen LogP contribution is 2.24. The van der Waals surface area contributed by atoms with Crippen LogP contribution < -0.4 is 15.4 Å². The van der Waals surface area contributed by atoms with Gasteiger partial charge < -0.3 is 20.1 Å². The lowest BCUT2D eigenvalue weighted by atomic mass is 10.1. The molecule has 2 N–H and O–H groups in total. The number of hydrogen-bond acceptors (Lipinski definition) is 3. The van der Waals surface area contributed by atoms with Crippen molar-refractivity contribution in [3.8, 4) is 5.75 Å². The summed E-state index contributed by atoms with van der Waals surface area (Å²) in [6.07, 6.45) is -3.54. The second-order valence-corrected chi connectivity index (χ2v) is 5.69. The summed E-state index contributed by atoms with van der Waals surface area (Å²) in [5.74, 6) is 0.810. The number of nitrogens with zero attached hydrogens (tertiary/aromatic N) is 1. The summed E-state index contributed by atoms with van der Waals surface area (Å²) in [5, 5.41) is 6.28. The Morgan fingerprint density at radius 3 is 2.56 bits per heavy atom. The maximum absolute atomic E-state index is 12.4. The second kappa shape index (κ2) is 13.9. The molecule has 1 rings (SSSR count). The van der Waals surface area contributed by atoms with Crippen LogP contribution in [-0.4, -0.2) is 45.0 Å². The third kappa shape index (κ3) is 12.0. The number of guanidine groups is 1. The number of aliphatic imine (C=N–C) groups is 1. The normalized spacial score (nSPS) is 11.7. The zero-order chi connectivity index (χ0) is 19.4. The molecular weight excluding hydrogens is 474 g/mol. The lowest BCUT2D eigenvalue weighted by Gasteiger charge is -2.14. The van der Waals surface area contributed by atoms with Gasteiger partial charge in [0, 0.05) is 31.9 Å². The number of rotatable bonds is 10. The van der Waals surface area contributed by atoms with Crippen molar-refractivity contribution in [3.05, 3.63) is 29.3 Å². The van der Waals surface area contributed by atoms with Crippen molar-refractivity contribution in [3.63, 3.8) is 0 Å². The Labute approximate surface area is 176 Å². The van der Waals surface area contributed by atoms with Crippen LogP contribution in [0.1, 0.15) is 31.4 Å². The molecule has 9 heteroatoms. The molecule has 0 amide bonds. The van der Waals surface area contributed by atoms with Gasteiger partial charge >= 0.3 is 6.18 Å². The standard InChI is InChI=1S/C18H28F3N3O2.HI/c1-4-22-17(23-9-6-10-25-5-2)24-12-15-8-7-14(3)11-16(15)26-13-18(19,20)21;/h7-8,11H,4-6,9-10,12-13H2,1-3H3,(H2,22,23,24);1H. The first-order valence-electron chi connectivity index (χ1n) is 8.74. The van der Waals surface area contributed by atoms with E-state index in [9.17, 15) is 13.2 Å². The fourth-order valence-electron chi connectivity index (χ4n) is 2.12. The van der Waals surface area contributed by atoms with Crippen LogP contribution in [0.4, 0.5) is 13.2 Å². The number of aryl methyl sites for hydroxylation is 1. The lowest BCUT2D eigenvalue weighted by molar-refractivity contribution is -0.153. The van der Waals surface area contributed by atoms with Crippen molar-refractivity contribution in [1.82, 2.24) is 10.6 Å². The van der Waals surface area contributed by atoms with Gasteiger partial charge in [-0.1, -0.05) is 12.1 Å². The van der Waals surface area contributed by atoms with E-state index in [0.717, 1.165) is 12.0 Å². The largest absolute Gasteiger partial charge is 0.484 e. The summed E-state index contributed by atoms with van der Waals surface area (Å²) in [7, 11) is 0. The van der Waals surface area contributed by atoms with Gasteiger partial charge in [-0.2, -0.15) is 13.2 Å². The van der Waals surface area contributed by atoms with E-state index in [4.69, 9.17) is 9.47 Å². The summed E-state index contributed by atoms with van der Waals surface area (Å²) < 4.78 is 47.5. The first-order valence-corrected chi connectivity index (χ1v) is 8.74. The second-order valence-electron chi connectivity index (χ2n) is 5.69. The minimum absolute atomic E-state index is 0. The molecule has 0 saturated carbocycles. The molecule has 0 bridgehead atoms. The van der Waals surface area contributed by atoms with Crippen LogP contribution in [0.3, 0.4) is 0 Å². The molecule has 27 heavy (non-hydrogen) atoms. The van der Waals surface area contributed by atoms with E-state index in [2.05, 4.69) is 15.6 Å². The monoisotopic (exact) mass is 503 g/mol. The molecule has 0 radical (unpaired) electrons. The van der Waals surface area contributed by atoms with Crippen molar-refractivity contribution in [2.24, 2.45) is 4.99 Å². The first-order chi connectivity index (χ1) is 12.4. The molecule has 0 aliphatic rings. The molecule has 0 heterocycles. The molecule has 0 atom stereocenters. The van der Waals surface area contributed by atoms with Crippen molar-refractivity contribution >= 4 is 29.9 Å². The van der Waals surface area contributed by atoms with E-state index < -0.39 is 12.8 Å². The maximum Gasteiger partial charge on any atom is 0.422 e. The first kappa shape index (κ1) is 25.8. The SMILES string of the molecule is CCNC(=NCc1ccc(C)cc1OCC(F)(F)F)NCCCOCC.I. The Morgan fingerprint density at radius 2 is 1.93 bits per heavy atom. The molecule has 156 valence electrons. The van der Waals surface area contributed by atoms with Crippen molar-refractivity contribution < 1.29 is 22.6 Å². The summed E-state index contributed by atoms with van der Waals surface area (Å²) in [5.41, 5.74) is 1.43. The Kier molecular flexibility index (Phi) is 13.2. The molecule has 5 nitrogen and oxygen atoms in total. The van der Waals surface area contributed by atoms with Crippen LogP contribution in [0.15, 0.2) is 23.2 Å². The van der Waals surface area contributed by atoms with Gasteiger partial charge in [0.25, 0.3) is 0 Å². The zero-order valence-corrected chi connectivity index (χ0v) is 18.3. The molecule has 1 aromatic carbocycles. The number of alkyl halides is 3. The Hall–Kier alpha value is -1.23. The minimum atomic E-state index is -4.37. The number of hydrogen-bond donors (Lipinski definition) is 2.